The van der Waals surface area contributed by atoms with Gasteiger partial charge in [0, 0.05) is 29.9 Å². The van der Waals surface area contributed by atoms with Crippen molar-refractivity contribution in [3.63, 3.8) is 0 Å². The molecule has 0 spiro atoms. The van der Waals surface area contributed by atoms with Crippen LogP contribution in [-0.2, 0) is 16.6 Å². The monoisotopic (exact) mass is 333 g/mol. The molecule has 0 aliphatic carbocycles. The minimum absolute atomic E-state index is 0.373. The molecule has 0 unspecified atom stereocenters. The molecular weight excluding hydrogens is 306 g/mol. The summed E-state index contributed by atoms with van der Waals surface area (Å²) in [5, 5.41) is 1.69. The van der Waals surface area contributed by atoms with Gasteiger partial charge in [-0.1, -0.05) is 20.8 Å². The average molecular weight is 334 g/mol. The second-order valence-corrected chi connectivity index (χ2v) is 7.76. The summed E-state index contributed by atoms with van der Waals surface area (Å²) in [5.74, 6) is 0. The Bertz CT molecular complexity index is 510. The lowest BCUT2D eigenvalue weighted by Gasteiger charge is -2.22. The molecule has 1 heterocycles. The van der Waals surface area contributed by atoms with Crippen molar-refractivity contribution < 1.29 is 8.42 Å². The maximum Gasteiger partial charge on any atom is 0.243 e. The van der Waals surface area contributed by atoms with Crippen molar-refractivity contribution in [1.29, 1.82) is 0 Å². The molecule has 0 bridgehead atoms. The van der Waals surface area contributed by atoms with Gasteiger partial charge in [0.15, 0.2) is 0 Å². The van der Waals surface area contributed by atoms with Crippen LogP contribution in [0.4, 0.5) is 0 Å². The normalized spacial score (nSPS) is 12.5. The van der Waals surface area contributed by atoms with Gasteiger partial charge in [0.25, 0.3) is 0 Å². The van der Waals surface area contributed by atoms with Crippen molar-refractivity contribution in [3.8, 4) is 0 Å². The van der Waals surface area contributed by atoms with Crippen molar-refractivity contribution in [2.24, 2.45) is 5.73 Å². The Kier molecular flexibility index (Phi) is 7.83. The average Bonchev–Trinajstić information content (AvgIpc) is 2.97. The third-order valence-electron chi connectivity index (χ3n) is 3.60. The van der Waals surface area contributed by atoms with Crippen LogP contribution in [0.2, 0.25) is 0 Å². The SMILES string of the molecule is CCN(CC)CCCN(CC)S(=O)(=O)c1csc(CN)c1. The fourth-order valence-corrected chi connectivity index (χ4v) is 4.84. The van der Waals surface area contributed by atoms with Crippen LogP contribution in [0.5, 0.6) is 0 Å². The van der Waals surface area contributed by atoms with Gasteiger partial charge in [-0.25, -0.2) is 8.42 Å². The highest BCUT2D eigenvalue weighted by Gasteiger charge is 2.23. The number of thiophene rings is 1. The standard InChI is InChI=1S/C14H27N3O2S2/c1-4-16(5-2)8-7-9-17(6-3)21(18,19)14-10-13(11-15)20-12-14/h10,12H,4-9,11,15H2,1-3H3. The Morgan fingerprint density at radius 2 is 1.81 bits per heavy atom. The zero-order valence-electron chi connectivity index (χ0n) is 13.2. The fourth-order valence-electron chi connectivity index (χ4n) is 2.21. The van der Waals surface area contributed by atoms with Crippen LogP contribution >= 0.6 is 11.3 Å². The third kappa shape index (κ3) is 5.03. The molecule has 0 aliphatic rings. The predicted molar refractivity (Wildman–Crippen MR) is 89.0 cm³/mol. The number of rotatable bonds is 10. The van der Waals surface area contributed by atoms with Crippen molar-refractivity contribution in [3.05, 3.63) is 16.3 Å². The first-order chi connectivity index (χ1) is 9.99. The minimum Gasteiger partial charge on any atom is -0.326 e. The first-order valence-corrected chi connectivity index (χ1v) is 9.81. The summed E-state index contributed by atoms with van der Waals surface area (Å²) in [6, 6.07) is 1.69. The van der Waals surface area contributed by atoms with E-state index in [9.17, 15) is 8.42 Å². The molecule has 5 nitrogen and oxygen atoms in total. The van der Waals surface area contributed by atoms with Crippen LogP contribution in [0.3, 0.4) is 0 Å². The number of nitrogens with zero attached hydrogens (tertiary/aromatic N) is 2. The van der Waals surface area contributed by atoms with Crippen molar-refractivity contribution in [2.75, 3.05) is 32.7 Å². The molecule has 0 saturated heterocycles. The highest BCUT2D eigenvalue weighted by molar-refractivity contribution is 7.89. The molecule has 0 atom stereocenters. The first kappa shape index (κ1) is 18.6. The van der Waals surface area contributed by atoms with E-state index in [2.05, 4.69) is 18.7 Å². The highest BCUT2D eigenvalue weighted by atomic mass is 32.2. The van der Waals surface area contributed by atoms with Crippen LogP contribution in [0.1, 0.15) is 32.1 Å². The molecule has 0 saturated carbocycles. The largest absolute Gasteiger partial charge is 0.326 e. The maximum atomic E-state index is 12.6. The topological polar surface area (TPSA) is 66.6 Å². The van der Waals surface area contributed by atoms with Gasteiger partial charge >= 0.3 is 0 Å². The summed E-state index contributed by atoms with van der Waals surface area (Å²) in [5.41, 5.74) is 5.56. The highest BCUT2D eigenvalue weighted by Crippen LogP contribution is 2.22. The van der Waals surface area contributed by atoms with E-state index in [0.717, 1.165) is 30.9 Å². The summed E-state index contributed by atoms with van der Waals surface area (Å²) >= 11 is 1.40. The molecule has 0 amide bonds. The smallest absolute Gasteiger partial charge is 0.243 e. The number of hydrogen-bond donors (Lipinski definition) is 1. The second kappa shape index (κ2) is 8.85. The van der Waals surface area contributed by atoms with Gasteiger partial charge in [-0.05, 0) is 32.1 Å². The summed E-state index contributed by atoms with van der Waals surface area (Å²) < 4.78 is 26.7. The van der Waals surface area contributed by atoms with Crippen LogP contribution in [-0.4, -0.2) is 50.3 Å². The van der Waals surface area contributed by atoms with E-state index in [4.69, 9.17) is 5.73 Å². The molecular formula is C14H27N3O2S2. The van der Waals surface area contributed by atoms with E-state index < -0.39 is 10.0 Å². The molecule has 21 heavy (non-hydrogen) atoms. The summed E-state index contributed by atoms with van der Waals surface area (Å²) in [6.07, 6.45) is 0.850. The van der Waals surface area contributed by atoms with E-state index in [0.29, 0.717) is 24.5 Å². The molecule has 1 rings (SSSR count). The van der Waals surface area contributed by atoms with Gasteiger partial charge in [-0.3, -0.25) is 0 Å². The molecule has 0 aliphatic heterocycles. The molecule has 1 aromatic heterocycles. The van der Waals surface area contributed by atoms with Crippen LogP contribution in [0.15, 0.2) is 16.3 Å². The Morgan fingerprint density at radius 3 is 2.29 bits per heavy atom. The number of nitrogens with two attached hydrogens (primary N) is 1. The van der Waals surface area contributed by atoms with E-state index in [1.807, 2.05) is 6.92 Å². The van der Waals surface area contributed by atoms with Crippen molar-refractivity contribution in [2.45, 2.75) is 38.6 Å². The van der Waals surface area contributed by atoms with Crippen LogP contribution in [0.25, 0.3) is 0 Å². The quantitative estimate of drug-likeness (QED) is 0.711. The van der Waals surface area contributed by atoms with E-state index >= 15 is 0 Å². The number of sulfonamides is 1. The molecule has 1 aromatic rings. The lowest BCUT2D eigenvalue weighted by atomic mass is 10.3. The first-order valence-electron chi connectivity index (χ1n) is 7.49. The fraction of sp³-hybridized carbons (Fsp3) is 0.714. The lowest BCUT2D eigenvalue weighted by Crippen LogP contribution is -2.34. The zero-order valence-corrected chi connectivity index (χ0v) is 14.8. The van der Waals surface area contributed by atoms with Gasteiger partial charge in [0.1, 0.15) is 0 Å². The van der Waals surface area contributed by atoms with Gasteiger partial charge in [-0.15, -0.1) is 11.3 Å². The molecule has 122 valence electrons. The Labute approximate surface area is 132 Å². The van der Waals surface area contributed by atoms with Crippen molar-refractivity contribution >= 4 is 21.4 Å². The molecule has 0 radical (unpaired) electrons. The number of hydrogen-bond acceptors (Lipinski definition) is 5. The Morgan fingerprint density at radius 1 is 1.14 bits per heavy atom. The third-order valence-corrected chi connectivity index (χ3v) is 6.66. The van der Waals surface area contributed by atoms with E-state index in [1.165, 1.54) is 11.3 Å². The molecule has 2 N–H and O–H groups in total. The van der Waals surface area contributed by atoms with Gasteiger partial charge in [0.05, 0.1) is 4.90 Å². The van der Waals surface area contributed by atoms with Gasteiger partial charge < -0.3 is 10.6 Å². The van der Waals surface area contributed by atoms with E-state index in [-0.39, 0.29) is 0 Å². The Hall–Kier alpha value is -0.470. The van der Waals surface area contributed by atoms with Crippen LogP contribution < -0.4 is 5.73 Å². The molecule has 7 heteroatoms. The Balaban J connectivity index is 2.69. The summed E-state index contributed by atoms with van der Waals surface area (Å²) in [7, 11) is -3.38. The second-order valence-electron chi connectivity index (χ2n) is 4.83. The summed E-state index contributed by atoms with van der Waals surface area (Å²) in [4.78, 5) is 3.57. The minimum atomic E-state index is -3.38. The van der Waals surface area contributed by atoms with Crippen molar-refractivity contribution in [1.82, 2.24) is 9.21 Å². The molecule has 0 fully saturated rings. The summed E-state index contributed by atoms with van der Waals surface area (Å²) in [6.45, 7) is 10.5. The van der Waals surface area contributed by atoms with Gasteiger partial charge in [0.2, 0.25) is 10.0 Å². The lowest BCUT2D eigenvalue weighted by molar-refractivity contribution is 0.285. The van der Waals surface area contributed by atoms with Gasteiger partial charge in [-0.2, -0.15) is 4.31 Å². The molecule has 0 aromatic carbocycles. The maximum absolute atomic E-state index is 12.6. The van der Waals surface area contributed by atoms with E-state index in [1.54, 1.807) is 15.8 Å². The zero-order chi connectivity index (χ0) is 15.9. The predicted octanol–water partition coefficient (Wildman–Crippen LogP) is 1.95. The van der Waals surface area contributed by atoms with Crippen LogP contribution in [0, 0.1) is 0 Å².